The van der Waals surface area contributed by atoms with E-state index in [1.807, 2.05) is 54.6 Å². The molecule has 1 amide bonds. The van der Waals surface area contributed by atoms with Crippen LogP contribution in [0.25, 0.3) is 11.1 Å². The molecule has 0 aliphatic heterocycles. The Morgan fingerprint density at radius 3 is 2.14 bits per heavy atom. The minimum absolute atomic E-state index is 0.0615. The Bertz CT molecular complexity index is 1370. The largest absolute Gasteiger partial charge is 0.457 e. The summed E-state index contributed by atoms with van der Waals surface area (Å²) < 4.78 is 11.9. The first-order chi connectivity index (χ1) is 18.0. The van der Waals surface area contributed by atoms with Crippen molar-refractivity contribution < 1.29 is 23.9 Å². The monoisotopic (exact) mass is 557 g/mol. The summed E-state index contributed by atoms with van der Waals surface area (Å²) in [5.41, 5.74) is 3.06. The predicted molar refractivity (Wildman–Crippen MR) is 146 cm³/mol. The van der Waals surface area contributed by atoms with Crippen molar-refractivity contribution in [2.24, 2.45) is 0 Å². The van der Waals surface area contributed by atoms with Gasteiger partial charge in [-0.1, -0.05) is 76.6 Å². The second-order valence-electron chi connectivity index (χ2n) is 8.13. The highest BCUT2D eigenvalue weighted by Gasteiger charge is 2.13. The van der Waals surface area contributed by atoms with E-state index in [0.29, 0.717) is 17.0 Å². The van der Waals surface area contributed by atoms with Crippen LogP contribution >= 0.6 is 15.9 Å². The molecule has 186 valence electrons. The van der Waals surface area contributed by atoms with Gasteiger partial charge in [0.2, 0.25) is 5.91 Å². The Hall–Kier alpha value is -4.23. The number of amides is 1. The highest BCUT2D eigenvalue weighted by Crippen LogP contribution is 2.33. The summed E-state index contributed by atoms with van der Waals surface area (Å²) in [6.45, 7) is -0.364. The van der Waals surface area contributed by atoms with Crippen molar-refractivity contribution in [1.82, 2.24) is 0 Å². The van der Waals surface area contributed by atoms with E-state index in [1.54, 1.807) is 48.5 Å². The Kier molecular flexibility index (Phi) is 8.84. The van der Waals surface area contributed by atoms with Gasteiger partial charge in [0.1, 0.15) is 11.5 Å². The molecule has 0 saturated carbocycles. The number of carbonyl (C=O) groups is 3. The van der Waals surface area contributed by atoms with Crippen molar-refractivity contribution in [3.63, 3.8) is 0 Å². The van der Waals surface area contributed by atoms with Gasteiger partial charge >= 0.3 is 5.97 Å². The first kappa shape index (κ1) is 25.9. The van der Waals surface area contributed by atoms with Crippen LogP contribution in [0.15, 0.2) is 108 Å². The summed E-state index contributed by atoms with van der Waals surface area (Å²) >= 11 is 3.30. The highest BCUT2D eigenvalue weighted by molar-refractivity contribution is 9.10. The SMILES string of the molecule is O=C(CCC(=O)OCC(=O)c1ccc(Br)cc1)Nc1ccc(Oc2ccccc2-c2ccccc2)cc1. The van der Waals surface area contributed by atoms with Crippen molar-refractivity contribution >= 4 is 39.3 Å². The highest BCUT2D eigenvalue weighted by atomic mass is 79.9. The summed E-state index contributed by atoms with van der Waals surface area (Å²) in [5, 5.41) is 2.75. The van der Waals surface area contributed by atoms with E-state index in [9.17, 15) is 14.4 Å². The molecule has 0 saturated heterocycles. The van der Waals surface area contributed by atoms with Gasteiger partial charge in [0.05, 0.1) is 6.42 Å². The number of carbonyl (C=O) groups excluding carboxylic acids is 3. The van der Waals surface area contributed by atoms with Gasteiger partial charge in [-0.15, -0.1) is 0 Å². The summed E-state index contributed by atoms with van der Waals surface area (Å²) in [5.74, 6) is 0.0998. The number of anilines is 1. The molecule has 0 aliphatic rings. The average molecular weight is 558 g/mol. The van der Waals surface area contributed by atoms with E-state index in [2.05, 4.69) is 21.2 Å². The lowest BCUT2D eigenvalue weighted by Crippen LogP contribution is -2.17. The van der Waals surface area contributed by atoms with E-state index in [0.717, 1.165) is 21.3 Å². The van der Waals surface area contributed by atoms with Crippen LogP contribution in [0.1, 0.15) is 23.2 Å². The molecule has 0 aliphatic carbocycles. The standard InChI is InChI=1S/C30H24BrNO5/c31-23-12-10-22(11-13-23)27(33)20-36-30(35)19-18-29(34)32-24-14-16-25(17-15-24)37-28-9-5-4-8-26(28)21-6-2-1-3-7-21/h1-17H,18-20H2,(H,32,34). The van der Waals surface area contributed by atoms with Gasteiger partial charge in [-0.2, -0.15) is 0 Å². The van der Waals surface area contributed by atoms with E-state index in [4.69, 9.17) is 9.47 Å². The number of esters is 1. The van der Waals surface area contributed by atoms with Crippen molar-refractivity contribution in [1.29, 1.82) is 0 Å². The zero-order chi connectivity index (χ0) is 26.0. The number of hydrogen-bond acceptors (Lipinski definition) is 5. The number of ether oxygens (including phenoxy) is 2. The maximum atomic E-state index is 12.3. The number of rotatable bonds is 10. The van der Waals surface area contributed by atoms with Gasteiger partial charge in [-0.3, -0.25) is 14.4 Å². The van der Waals surface area contributed by atoms with E-state index >= 15 is 0 Å². The molecule has 0 bridgehead atoms. The molecule has 0 spiro atoms. The molecule has 0 atom stereocenters. The molecular formula is C30H24BrNO5. The quantitative estimate of drug-likeness (QED) is 0.167. The number of hydrogen-bond donors (Lipinski definition) is 1. The van der Waals surface area contributed by atoms with Gasteiger partial charge in [0.25, 0.3) is 0 Å². The number of nitrogens with one attached hydrogen (secondary N) is 1. The Balaban J connectivity index is 1.24. The third-order valence-corrected chi connectivity index (χ3v) is 5.95. The minimum Gasteiger partial charge on any atom is -0.457 e. The molecule has 0 fully saturated rings. The van der Waals surface area contributed by atoms with Crippen LogP contribution < -0.4 is 10.1 Å². The fourth-order valence-electron chi connectivity index (χ4n) is 3.52. The summed E-state index contributed by atoms with van der Waals surface area (Å²) in [6, 6.07) is 31.5. The lowest BCUT2D eigenvalue weighted by Gasteiger charge is -2.12. The maximum absolute atomic E-state index is 12.3. The lowest BCUT2D eigenvalue weighted by molar-refractivity contribution is -0.143. The smallest absolute Gasteiger partial charge is 0.306 e. The topological polar surface area (TPSA) is 81.7 Å². The zero-order valence-electron chi connectivity index (χ0n) is 19.9. The number of para-hydroxylation sites is 1. The predicted octanol–water partition coefficient (Wildman–Crippen LogP) is 7.05. The number of ketones is 1. The van der Waals surface area contributed by atoms with Gasteiger partial charge in [0.15, 0.2) is 12.4 Å². The molecule has 0 radical (unpaired) electrons. The first-order valence-corrected chi connectivity index (χ1v) is 12.4. The van der Waals surface area contributed by atoms with Crippen molar-refractivity contribution in [3.05, 3.63) is 113 Å². The van der Waals surface area contributed by atoms with Crippen LogP contribution in [0, 0.1) is 0 Å². The molecule has 6 nitrogen and oxygen atoms in total. The number of Topliss-reactive ketones (excluding diaryl/α,β-unsaturated/α-hetero) is 1. The van der Waals surface area contributed by atoms with Crippen LogP contribution in [0.5, 0.6) is 11.5 Å². The van der Waals surface area contributed by atoms with E-state index in [-0.39, 0.29) is 31.1 Å². The second-order valence-corrected chi connectivity index (χ2v) is 9.04. The Labute approximate surface area is 223 Å². The lowest BCUT2D eigenvalue weighted by atomic mass is 10.1. The normalized spacial score (nSPS) is 10.4. The molecule has 4 aromatic rings. The van der Waals surface area contributed by atoms with Crippen LogP contribution in [0.3, 0.4) is 0 Å². The van der Waals surface area contributed by atoms with Crippen LogP contribution in [-0.2, 0) is 14.3 Å². The molecule has 7 heteroatoms. The molecule has 0 heterocycles. The van der Waals surface area contributed by atoms with Crippen molar-refractivity contribution in [2.75, 3.05) is 11.9 Å². The molecule has 0 unspecified atom stereocenters. The molecule has 4 rings (SSSR count). The van der Waals surface area contributed by atoms with Crippen LogP contribution in [-0.4, -0.2) is 24.3 Å². The molecule has 4 aromatic carbocycles. The average Bonchev–Trinajstić information content (AvgIpc) is 2.93. The van der Waals surface area contributed by atoms with Crippen LogP contribution in [0.4, 0.5) is 5.69 Å². The third-order valence-electron chi connectivity index (χ3n) is 5.42. The summed E-state index contributed by atoms with van der Waals surface area (Å²) in [4.78, 5) is 36.3. The first-order valence-electron chi connectivity index (χ1n) is 11.6. The fourth-order valence-corrected chi connectivity index (χ4v) is 3.79. The van der Waals surface area contributed by atoms with Crippen molar-refractivity contribution in [3.8, 4) is 22.6 Å². The summed E-state index contributed by atoms with van der Waals surface area (Å²) in [7, 11) is 0. The Morgan fingerprint density at radius 1 is 0.730 bits per heavy atom. The van der Waals surface area contributed by atoms with Gasteiger partial charge < -0.3 is 14.8 Å². The second kappa shape index (κ2) is 12.6. The third kappa shape index (κ3) is 7.62. The molecule has 37 heavy (non-hydrogen) atoms. The van der Waals surface area contributed by atoms with E-state index in [1.165, 1.54) is 0 Å². The molecule has 1 N–H and O–H groups in total. The Morgan fingerprint density at radius 2 is 1.41 bits per heavy atom. The van der Waals surface area contributed by atoms with Gasteiger partial charge in [-0.25, -0.2) is 0 Å². The fraction of sp³-hybridized carbons (Fsp3) is 0.100. The maximum Gasteiger partial charge on any atom is 0.306 e. The minimum atomic E-state index is -0.610. The van der Waals surface area contributed by atoms with Crippen molar-refractivity contribution in [2.45, 2.75) is 12.8 Å². The summed E-state index contributed by atoms with van der Waals surface area (Å²) in [6.07, 6.45) is -0.190. The van der Waals surface area contributed by atoms with E-state index < -0.39 is 5.97 Å². The number of halogens is 1. The molecule has 0 aromatic heterocycles. The number of benzene rings is 4. The van der Waals surface area contributed by atoms with Gasteiger partial charge in [0, 0.05) is 27.7 Å². The van der Waals surface area contributed by atoms with Gasteiger partial charge in [-0.05, 0) is 48.0 Å². The zero-order valence-corrected chi connectivity index (χ0v) is 21.4. The molecular weight excluding hydrogens is 534 g/mol. The van der Waals surface area contributed by atoms with Crippen LogP contribution in [0.2, 0.25) is 0 Å².